The zero-order valence-corrected chi connectivity index (χ0v) is 20.2. The molecule has 0 aliphatic carbocycles. The molecule has 0 N–H and O–H groups in total. The van der Waals surface area contributed by atoms with Crippen LogP contribution >= 0.6 is 39.9 Å². The lowest BCUT2D eigenvalue weighted by molar-refractivity contribution is -0.122. The van der Waals surface area contributed by atoms with Crippen molar-refractivity contribution >= 4 is 67.3 Å². The topological polar surface area (TPSA) is 49.9 Å². The van der Waals surface area contributed by atoms with Crippen LogP contribution in [0.4, 0.5) is 5.69 Å². The summed E-state index contributed by atoms with van der Waals surface area (Å²) in [7, 11) is 0. The predicted molar refractivity (Wildman–Crippen MR) is 132 cm³/mol. The van der Waals surface area contributed by atoms with Crippen molar-refractivity contribution in [2.45, 2.75) is 19.9 Å². The molecule has 2 aromatic rings. The first-order chi connectivity index (χ1) is 15.0. The van der Waals surface area contributed by atoms with E-state index in [0.717, 1.165) is 21.3 Å². The summed E-state index contributed by atoms with van der Waals surface area (Å²) in [5, 5.41) is 0. The molecular weight excluding hydrogens is 496 g/mol. The van der Waals surface area contributed by atoms with E-state index in [-0.39, 0.29) is 11.8 Å². The van der Waals surface area contributed by atoms with Crippen LogP contribution in [0.15, 0.2) is 57.9 Å². The van der Waals surface area contributed by atoms with E-state index in [0.29, 0.717) is 47.5 Å². The van der Waals surface area contributed by atoms with Crippen LogP contribution < -0.4 is 4.90 Å². The number of fused-ring (bicyclic) bond motifs is 1. The molecule has 5 nitrogen and oxygen atoms in total. The molecular formula is C23H21BrN2O3S2. The molecule has 2 amide bonds. The van der Waals surface area contributed by atoms with Gasteiger partial charge in [-0.15, -0.1) is 0 Å². The number of halogens is 1. The SMILES string of the molecule is CCOCCCN1C(=O)C(=C2C(=O)N(Cc3ccccc3)c3ccc(Br)cc32)SC1=S. The zero-order valence-electron chi connectivity index (χ0n) is 17.0. The van der Waals surface area contributed by atoms with Crippen molar-refractivity contribution in [1.82, 2.24) is 4.90 Å². The van der Waals surface area contributed by atoms with Gasteiger partial charge in [0.25, 0.3) is 11.8 Å². The van der Waals surface area contributed by atoms with Gasteiger partial charge in [0.1, 0.15) is 4.32 Å². The Hall–Kier alpha value is -2.00. The Morgan fingerprint density at radius 1 is 1.06 bits per heavy atom. The van der Waals surface area contributed by atoms with Crippen molar-refractivity contribution in [2.75, 3.05) is 24.7 Å². The quantitative estimate of drug-likeness (QED) is 0.294. The largest absolute Gasteiger partial charge is 0.382 e. The monoisotopic (exact) mass is 516 g/mol. The van der Waals surface area contributed by atoms with Crippen molar-refractivity contribution < 1.29 is 14.3 Å². The van der Waals surface area contributed by atoms with Crippen LogP contribution in [0.1, 0.15) is 24.5 Å². The van der Waals surface area contributed by atoms with E-state index in [1.165, 1.54) is 11.8 Å². The number of anilines is 1. The van der Waals surface area contributed by atoms with E-state index in [1.807, 2.05) is 55.5 Å². The van der Waals surface area contributed by atoms with Gasteiger partial charge in [-0.25, -0.2) is 0 Å². The molecule has 0 radical (unpaired) electrons. The number of carbonyl (C=O) groups is 2. The highest BCUT2D eigenvalue weighted by Crippen LogP contribution is 2.45. The second-order valence-corrected chi connectivity index (χ2v) is 9.68. The molecule has 160 valence electrons. The number of rotatable bonds is 7. The molecule has 0 saturated carbocycles. The normalized spacial score (nSPS) is 18.3. The van der Waals surface area contributed by atoms with Gasteiger partial charge in [0, 0.05) is 29.8 Å². The second kappa shape index (κ2) is 9.65. The molecule has 2 aliphatic heterocycles. The van der Waals surface area contributed by atoms with Gasteiger partial charge >= 0.3 is 0 Å². The van der Waals surface area contributed by atoms with E-state index >= 15 is 0 Å². The van der Waals surface area contributed by atoms with Crippen LogP contribution in [0.25, 0.3) is 5.57 Å². The number of amides is 2. The number of thioether (sulfide) groups is 1. The summed E-state index contributed by atoms with van der Waals surface area (Å²) in [6, 6.07) is 15.5. The molecule has 4 rings (SSSR count). The average Bonchev–Trinajstić information content (AvgIpc) is 3.18. The number of nitrogens with zero attached hydrogens (tertiary/aromatic N) is 2. The van der Waals surface area contributed by atoms with Crippen LogP contribution in [-0.4, -0.2) is 40.8 Å². The molecule has 8 heteroatoms. The van der Waals surface area contributed by atoms with Gasteiger partial charge in [-0.3, -0.25) is 14.5 Å². The van der Waals surface area contributed by atoms with Gasteiger partial charge in [-0.05, 0) is 37.1 Å². The van der Waals surface area contributed by atoms with Gasteiger partial charge < -0.3 is 9.64 Å². The minimum atomic E-state index is -0.206. The molecule has 2 aromatic carbocycles. The van der Waals surface area contributed by atoms with Crippen LogP contribution in [0.2, 0.25) is 0 Å². The number of hydrogen-bond acceptors (Lipinski definition) is 5. The summed E-state index contributed by atoms with van der Waals surface area (Å²) < 4.78 is 6.71. The second-order valence-electron chi connectivity index (χ2n) is 7.12. The van der Waals surface area contributed by atoms with Gasteiger partial charge in [0.05, 0.1) is 22.7 Å². The lowest BCUT2D eigenvalue weighted by Gasteiger charge is -2.17. The van der Waals surface area contributed by atoms with Crippen molar-refractivity contribution in [1.29, 1.82) is 0 Å². The maximum absolute atomic E-state index is 13.5. The molecule has 31 heavy (non-hydrogen) atoms. The number of carbonyl (C=O) groups excluding carboxylic acids is 2. The Kier molecular flexibility index (Phi) is 6.91. The Labute approximate surface area is 199 Å². The third-order valence-corrected chi connectivity index (χ3v) is 7.05. The van der Waals surface area contributed by atoms with Crippen LogP contribution in [-0.2, 0) is 20.9 Å². The molecule has 0 atom stereocenters. The summed E-state index contributed by atoms with van der Waals surface area (Å²) in [6.07, 6.45) is 0.694. The van der Waals surface area contributed by atoms with Crippen molar-refractivity contribution in [3.8, 4) is 0 Å². The molecule has 0 bridgehead atoms. The van der Waals surface area contributed by atoms with Gasteiger partial charge in [0.2, 0.25) is 0 Å². The highest BCUT2D eigenvalue weighted by molar-refractivity contribution is 9.10. The fourth-order valence-electron chi connectivity index (χ4n) is 3.66. The fraction of sp³-hybridized carbons (Fsp3) is 0.261. The highest BCUT2D eigenvalue weighted by atomic mass is 79.9. The zero-order chi connectivity index (χ0) is 22.0. The van der Waals surface area contributed by atoms with E-state index in [9.17, 15) is 9.59 Å². The molecule has 0 unspecified atom stereocenters. The lowest BCUT2D eigenvalue weighted by Crippen LogP contribution is -2.30. The molecule has 2 heterocycles. The van der Waals surface area contributed by atoms with Crippen molar-refractivity contribution in [2.24, 2.45) is 0 Å². The minimum absolute atomic E-state index is 0.174. The maximum Gasteiger partial charge on any atom is 0.267 e. The molecule has 2 aliphatic rings. The van der Waals surface area contributed by atoms with E-state index in [2.05, 4.69) is 15.9 Å². The Morgan fingerprint density at radius 3 is 2.58 bits per heavy atom. The standard InChI is InChI=1S/C23H21BrN2O3S2/c1-2-29-12-6-11-25-22(28)20(31-23(25)30)19-17-13-16(24)9-10-18(17)26(21(19)27)14-15-7-4-3-5-8-15/h3-5,7-10,13H,2,6,11-12,14H2,1H3. The van der Waals surface area contributed by atoms with Gasteiger partial charge in [0.15, 0.2) is 0 Å². The molecule has 1 saturated heterocycles. The molecule has 1 fully saturated rings. The summed E-state index contributed by atoms with van der Waals surface area (Å²) in [6.45, 7) is 4.06. The Bertz CT molecular complexity index is 1070. The first kappa shape index (κ1) is 22.2. The number of hydrogen-bond donors (Lipinski definition) is 0. The highest BCUT2D eigenvalue weighted by Gasteiger charge is 2.41. The van der Waals surface area contributed by atoms with Crippen LogP contribution in [0.3, 0.4) is 0 Å². The van der Waals surface area contributed by atoms with E-state index < -0.39 is 0 Å². The molecule has 0 spiro atoms. The molecule has 0 aromatic heterocycles. The first-order valence-corrected chi connectivity index (χ1v) is 12.0. The van der Waals surface area contributed by atoms with Crippen molar-refractivity contribution in [3.63, 3.8) is 0 Å². The minimum Gasteiger partial charge on any atom is -0.382 e. The summed E-state index contributed by atoms with van der Waals surface area (Å²) in [5.74, 6) is -0.380. The van der Waals surface area contributed by atoms with Crippen LogP contribution in [0.5, 0.6) is 0 Å². The third-order valence-electron chi connectivity index (χ3n) is 5.11. The lowest BCUT2D eigenvalue weighted by atomic mass is 10.1. The summed E-state index contributed by atoms with van der Waals surface area (Å²) in [5.41, 5.74) is 3.00. The third kappa shape index (κ3) is 4.48. The Balaban J connectivity index is 1.68. The Morgan fingerprint density at radius 2 is 1.84 bits per heavy atom. The maximum atomic E-state index is 13.5. The summed E-state index contributed by atoms with van der Waals surface area (Å²) >= 11 is 10.2. The van der Waals surface area contributed by atoms with Crippen LogP contribution in [0, 0.1) is 0 Å². The first-order valence-electron chi connectivity index (χ1n) is 10.0. The number of thiocarbonyl (C=S) groups is 1. The number of ether oxygens (including phenoxy) is 1. The van der Waals surface area contributed by atoms with E-state index in [4.69, 9.17) is 17.0 Å². The predicted octanol–water partition coefficient (Wildman–Crippen LogP) is 4.99. The summed E-state index contributed by atoms with van der Waals surface area (Å²) in [4.78, 5) is 30.4. The fourth-order valence-corrected chi connectivity index (χ4v) is 5.40. The van der Waals surface area contributed by atoms with Gasteiger partial charge in [-0.2, -0.15) is 0 Å². The van der Waals surface area contributed by atoms with Crippen molar-refractivity contribution in [3.05, 3.63) is 69.0 Å². The smallest absolute Gasteiger partial charge is 0.267 e. The van der Waals surface area contributed by atoms with Gasteiger partial charge in [-0.1, -0.05) is 70.2 Å². The van der Waals surface area contributed by atoms with E-state index in [1.54, 1.807) is 9.80 Å². The number of benzene rings is 2. The average molecular weight is 517 g/mol.